The Kier molecular flexibility index (Phi) is 6.11. The summed E-state index contributed by atoms with van der Waals surface area (Å²) in [6.07, 6.45) is 1.65. The molecule has 0 fully saturated rings. The Hall–Kier alpha value is -3.16. The molecule has 1 aromatic heterocycles. The monoisotopic (exact) mass is 441 g/mol. The lowest BCUT2D eigenvalue weighted by Crippen LogP contribution is -2.01. The molecule has 5 nitrogen and oxygen atoms in total. The van der Waals surface area contributed by atoms with E-state index in [0.717, 1.165) is 15.8 Å². The van der Waals surface area contributed by atoms with Crippen LogP contribution >= 0.6 is 22.9 Å². The van der Waals surface area contributed by atoms with E-state index in [2.05, 4.69) is 15.5 Å². The maximum absolute atomic E-state index is 14.0. The lowest BCUT2D eigenvalue weighted by Gasteiger charge is -2.12. The molecule has 8 heteroatoms. The summed E-state index contributed by atoms with van der Waals surface area (Å²) in [5, 5.41) is 5.26. The minimum atomic E-state index is -0.417. The number of ether oxygens (including phenoxy) is 2. The molecular formula is C22H17ClFN3O2S. The average molecular weight is 442 g/mol. The molecule has 0 amide bonds. The number of nitrogens with zero attached hydrogens (tertiary/aromatic N) is 2. The van der Waals surface area contributed by atoms with E-state index in [1.165, 1.54) is 17.4 Å². The number of para-hydroxylation sites is 1. The molecule has 0 saturated heterocycles. The van der Waals surface area contributed by atoms with E-state index in [0.29, 0.717) is 21.7 Å². The van der Waals surface area contributed by atoms with Crippen molar-refractivity contribution in [2.45, 2.75) is 6.61 Å². The Morgan fingerprint density at radius 3 is 2.80 bits per heavy atom. The van der Waals surface area contributed by atoms with Crippen LogP contribution in [0.3, 0.4) is 0 Å². The number of nitrogens with one attached hydrogen (secondary N) is 1. The fourth-order valence-corrected chi connectivity index (χ4v) is 3.82. The van der Waals surface area contributed by atoms with Crippen molar-refractivity contribution in [1.29, 1.82) is 0 Å². The second-order valence-electron chi connectivity index (χ2n) is 6.26. The second-order valence-corrected chi connectivity index (χ2v) is 7.69. The molecule has 0 bridgehead atoms. The Morgan fingerprint density at radius 1 is 1.13 bits per heavy atom. The largest absolute Gasteiger partial charge is 0.493 e. The normalized spacial score (nSPS) is 11.2. The predicted octanol–water partition coefficient (Wildman–Crippen LogP) is 6.12. The van der Waals surface area contributed by atoms with Gasteiger partial charge >= 0.3 is 0 Å². The van der Waals surface area contributed by atoms with Gasteiger partial charge in [0.25, 0.3) is 0 Å². The summed E-state index contributed by atoms with van der Waals surface area (Å²) < 4.78 is 26.2. The first-order valence-corrected chi connectivity index (χ1v) is 10.2. The number of hydrogen-bond acceptors (Lipinski definition) is 6. The maximum Gasteiger partial charge on any atom is 0.204 e. The SMILES string of the molecule is COc1ccc(C=NNc2nc3ccccc3s2)cc1OCc1c(F)cccc1Cl. The number of fused-ring (bicyclic) bond motifs is 1. The van der Waals surface area contributed by atoms with E-state index in [1.807, 2.05) is 30.3 Å². The van der Waals surface area contributed by atoms with Crippen LogP contribution in [0.5, 0.6) is 11.5 Å². The number of hydrazone groups is 1. The van der Waals surface area contributed by atoms with Crippen LogP contribution in [0.4, 0.5) is 9.52 Å². The highest BCUT2D eigenvalue weighted by Gasteiger charge is 2.11. The molecule has 1 heterocycles. The molecule has 1 N–H and O–H groups in total. The van der Waals surface area contributed by atoms with Gasteiger partial charge in [-0.25, -0.2) is 9.37 Å². The van der Waals surface area contributed by atoms with Gasteiger partial charge in [-0.05, 0) is 48.0 Å². The van der Waals surface area contributed by atoms with Gasteiger partial charge < -0.3 is 9.47 Å². The average Bonchev–Trinajstić information content (AvgIpc) is 3.16. The number of aromatic nitrogens is 1. The minimum Gasteiger partial charge on any atom is -0.493 e. The first-order chi connectivity index (χ1) is 14.6. The van der Waals surface area contributed by atoms with Crippen LogP contribution in [0.2, 0.25) is 5.02 Å². The zero-order chi connectivity index (χ0) is 20.9. The Balaban J connectivity index is 1.48. The number of benzene rings is 3. The number of methoxy groups -OCH3 is 1. The van der Waals surface area contributed by atoms with Gasteiger partial charge in [0.1, 0.15) is 12.4 Å². The number of rotatable bonds is 7. The fraction of sp³-hybridized carbons (Fsp3) is 0.0909. The Bertz CT molecular complexity index is 1160. The number of anilines is 1. The first kappa shape index (κ1) is 20.1. The quantitative estimate of drug-likeness (QED) is 0.277. The highest BCUT2D eigenvalue weighted by molar-refractivity contribution is 7.22. The van der Waals surface area contributed by atoms with Crippen LogP contribution in [-0.4, -0.2) is 18.3 Å². The zero-order valence-corrected chi connectivity index (χ0v) is 17.5. The summed E-state index contributed by atoms with van der Waals surface area (Å²) in [4.78, 5) is 4.47. The van der Waals surface area contributed by atoms with E-state index in [1.54, 1.807) is 37.6 Å². The van der Waals surface area contributed by atoms with Gasteiger partial charge in [0.05, 0.1) is 28.6 Å². The molecule has 0 aliphatic carbocycles. The molecule has 0 aliphatic heterocycles. The van der Waals surface area contributed by atoms with Gasteiger partial charge in [0, 0.05) is 5.56 Å². The van der Waals surface area contributed by atoms with Crippen molar-refractivity contribution >= 4 is 44.5 Å². The highest BCUT2D eigenvalue weighted by atomic mass is 35.5. The summed E-state index contributed by atoms with van der Waals surface area (Å²) in [6, 6.07) is 17.8. The van der Waals surface area contributed by atoms with Gasteiger partial charge in [-0.2, -0.15) is 5.10 Å². The first-order valence-electron chi connectivity index (χ1n) is 9.02. The van der Waals surface area contributed by atoms with E-state index in [9.17, 15) is 4.39 Å². The third-order valence-electron chi connectivity index (χ3n) is 4.29. The molecule has 3 aromatic carbocycles. The highest BCUT2D eigenvalue weighted by Crippen LogP contribution is 2.30. The van der Waals surface area contributed by atoms with E-state index >= 15 is 0 Å². The van der Waals surface area contributed by atoms with Crippen LogP contribution in [0, 0.1) is 5.82 Å². The molecule has 0 unspecified atom stereocenters. The van der Waals surface area contributed by atoms with Crippen LogP contribution in [0.1, 0.15) is 11.1 Å². The van der Waals surface area contributed by atoms with Crippen LogP contribution < -0.4 is 14.9 Å². The Morgan fingerprint density at radius 2 is 2.00 bits per heavy atom. The molecule has 0 radical (unpaired) electrons. The van der Waals surface area contributed by atoms with Gasteiger partial charge in [0.15, 0.2) is 11.5 Å². The molecule has 4 rings (SSSR count). The van der Waals surface area contributed by atoms with Gasteiger partial charge in [-0.3, -0.25) is 5.43 Å². The summed E-state index contributed by atoms with van der Waals surface area (Å²) >= 11 is 7.59. The van der Waals surface area contributed by atoms with E-state index in [-0.39, 0.29) is 12.2 Å². The molecule has 0 saturated carbocycles. The lowest BCUT2D eigenvalue weighted by atomic mass is 10.2. The van der Waals surface area contributed by atoms with Crippen molar-refractivity contribution in [3.8, 4) is 11.5 Å². The van der Waals surface area contributed by atoms with Gasteiger partial charge in [0.2, 0.25) is 5.13 Å². The number of hydrogen-bond donors (Lipinski definition) is 1. The number of thiazole rings is 1. The van der Waals surface area contributed by atoms with Crippen molar-refractivity contribution in [3.63, 3.8) is 0 Å². The third kappa shape index (κ3) is 4.53. The number of halogens is 2. The zero-order valence-electron chi connectivity index (χ0n) is 15.9. The lowest BCUT2D eigenvalue weighted by molar-refractivity contribution is 0.280. The van der Waals surface area contributed by atoms with Crippen molar-refractivity contribution in [2.75, 3.05) is 12.5 Å². The Labute approximate surface area is 181 Å². The van der Waals surface area contributed by atoms with Crippen molar-refractivity contribution < 1.29 is 13.9 Å². The summed E-state index contributed by atoms with van der Waals surface area (Å²) in [5.74, 6) is 0.568. The summed E-state index contributed by atoms with van der Waals surface area (Å²) in [6.45, 7) is -0.0214. The fourth-order valence-electron chi connectivity index (χ4n) is 2.79. The van der Waals surface area contributed by atoms with Crippen LogP contribution in [0.25, 0.3) is 10.2 Å². The molecule has 0 spiro atoms. The molecule has 30 heavy (non-hydrogen) atoms. The second kappa shape index (κ2) is 9.11. The van der Waals surface area contributed by atoms with Crippen LogP contribution in [0.15, 0.2) is 65.8 Å². The smallest absolute Gasteiger partial charge is 0.204 e. The standard InChI is InChI=1S/C22H17ClFN3O2S/c1-28-19-10-9-14(11-20(19)29-13-15-16(23)5-4-6-17(15)24)12-25-27-22-26-18-7-2-3-8-21(18)30-22/h2-12H,13H2,1H3,(H,26,27). The predicted molar refractivity (Wildman–Crippen MR) is 120 cm³/mol. The third-order valence-corrected chi connectivity index (χ3v) is 5.58. The topological polar surface area (TPSA) is 55.7 Å². The van der Waals surface area contributed by atoms with Crippen LogP contribution in [-0.2, 0) is 6.61 Å². The van der Waals surface area contributed by atoms with Gasteiger partial charge in [-0.1, -0.05) is 41.1 Å². The molecule has 152 valence electrons. The minimum absolute atomic E-state index is 0.0214. The van der Waals surface area contributed by atoms with Gasteiger partial charge in [-0.15, -0.1) is 0 Å². The van der Waals surface area contributed by atoms with Crippen molar-refractivity contribution in [3.05, 3.63) is 82.6 Å². The maximum atomic E-state index is 14.0. The molecular weight excluding hydrogens is 425 g/mol. The van der Waals surface area contributed by atoms with E-state index in [4.69, 9.17) is 21.1 Å². The van der Waals surface area contributed by atoms with Crippen molar-refractivity contribution in [2.24, 2.45) is 5.10 Å². The molecule has 4 aromatic rings. The summed E-state index contributed by atoms with van der Waals surface area (Å²) in [5.41, 5.74) is 4.93. The molecule has 0 atom stereocenters. The summed E-state index contributed by atoms with van der Waals surface area (Å²) in [7, 11) is 1.54. The van der Waals surface area contributed by atoms with E-state index < -0.39 is 5.82 Å². The van der Waals surface area contributed by atoms with Crippen molar-refractivity contribution in [1.82, 2.24) is 4.98 Å². The molecule has 0 aliphatic rings.